The second-order valence-electron chi connectivity index (χ2n) is 8.78. The molecule has 0 unspecified atom stereocenters. The van der Waals surface area contributed by atoms with E-state index in [1.54, 1.807) is 13.0 Å². The Labute approximate surface area is 191 Å². The molecular formula is C22H34N2O5S2. The highest BCUT2D eigenvalue weighted by molar-refractivity contribution is 7.90. The van der Waals surface area contributed by atoms with Crippen molar-refractivity contribution in [2.75, 3.05) is 19.3 Å². The summed E-state index contributed by atoms with van der Waals surface area (Å²) in [5, 5.41) is 0.678. The molecule has 0 N–H and O–H groups in total. The van der Waals surface area contributed by atoms with Crippen molar-refractivity contribution in [3.05, 3.63) is 17.8 Å². The lowest BCUT2D eigenvalue weighted by molar-refractivity contribution is -0.0626. The van der Waals surface area contributed by atoms with E-state index in [2.05, 4.69) is 9.88 Å². The van der Waals surface area contributed by atoms with Crippen LogP contribution in [-0.2, 0) is 19.3 Å². The van der Waals surface area contributed by atoms with E-state index in [0.717, 1.165) is 57.9 Å². The molecule has 0 amide bonds. The van der Waals surface area contributed by atoms with Gasteiger partial charge in [-0.1, -0.05) is 0 Å². The van der Waals surface area contributed by atoms with Crippen LogP contribution in [0.2, 0.25) is 0 Å². The summed E-state index contributed by atoms with van der Waals surface area (Å²) >= 11 is 5.37. The molecule has 0 atom stereocenters. The summed E-state index contributed by atoms with van der Waals surface area (Å²) < 4.78 is 41.4. The van der Waals surface area contributed by atoms with E-state index < -0.39 is 9.84 Å². The minimum absolute atomic E-state index is 0.0806. The van der Waals surface area contributed by atoms with Gasteiger partial charge in [0, 0.05) is 19.3 Å². The molecule has 1 aliphatic heterocycles. The molecule has 9 heteroatoms. The molecule has 1 aromatic rings. The van der Waals surface area contributed by atoms with Gasteiger partial charge in [0.15, 0.2) is 14.9 Å². The number of aromatic nitrogens is 1. The summed E-state index contributed by atoms with van der Waals surface area (Å²) in [6, 6.07) is 3.22. The minimum Gasteiger partial charge on any atom is -0.489 e. The van der Waals surface area contributed by atoms with E-state index in [1.807, 2.05) is 13.8 Å². The summed E-state index contributed by atoms with van der Waals surface area (Å²) in [6.07, 6.45) is 7.62. The van der Waals surface area contributed by atoms with Gasteiger partial charge in [-0.2, -0.15) is 0 Å². The normalized spacial score (nSPS) is 23.1. The fourth-order valence-corrected chi connectivity index (χ4v) is 5.04. The number of piperidine rings is 1. The average Bonchev–Trinajstić information content (AvgIpc) is 2.70. The van der Waals surface area contributed by atoms with E-state index >= 15 is 0 Å². The molecule has 3 rings (SSSR count). The van der Waals surface area contributed by atoms with Gasteiger partial charge >= 0.3 is 0 Å². The topological polar surface area (TPSA) is 78.0 Å². The molecule has 2 aliphatic rings. The fourth-order valence-electron chi connectivity index (χ4n) is 4.04. The molecule has 1 aliphatic carbocycles. The smallest absolute Gasteiger partial charge is 0.259 e. The molecule has 174 valence electrons. The third-order valence-electron chi connectivity index (χ3n) is 5.73. The molecule has 7 nitrogen and oxygen atoms in total. The molecule has 0 radical (unpaired) electrons. The number of sulfone groups is 1. The third kappa shape index (κ3) is 7.02. The van der Waals surface area contributed by atoms with Crippen molar-refractivity contribution in [2.24, 2.45) is 0 Å². The summed E-state index contributed by atoms with van der Waals surface area (Å²) in [5.41, 5.74) is 0.604. The summed E-state index contributed by atoms with van der Waals surface area (Å²) in [6.45, 7) is 7.52. The van der Waals surface area contributed by atoms with Crippen LogP contribution in [-0.4, -0.2) is 67.2 Å². The molecule has 1 saturated heterocycles. The number of hydrogen-bond donors (Lipinski definition) is 0. The number of likely N-dealkylation sites (tertiary alicyclic amines) is 1. The lowest BCUT2D eigenvalue weighted by Gasteiger charge is -2.37. The van der Waals surface area contributed by atoms with Gasteiger partial charge in [0.25, 0.3) is 5.17 Å². The highest BCUT2D eigenvalue weighted by atomic mass is 32.2. The largest absolute Gasteiger partial charge is 0.489 e. The van der Waals surface area contributed by atoms with Crippen molar-refractivity contribution in [1.82, 2.24) is 9.88 Å². The van der Waals surface area contributed by atoms with Crippen LogP contribution in [0, 0.1) is 6.92 Å². The second kappa shape index (κ2) is 10.4. The number of nitrogens with zero attached hydrogens (tertiary/aromatic N) is 2. The number of thiocarbonyl (C=S) groups is 1. The van der Waals surface area contributed by atoms with Crippen LogP contribution >= 0.6 is 12.2 Å². The zero-order valence-corrected chi connectivity index (χ0v) is 20.5. The number of hydrogen-bond acceptors (Lipinski definition) is 7. The van der Waals surface area contributed by atoms with Crippen LogP contribution in [0.1, 0.15) is 58.1 Å². The van der Waals surface area contributed by atoms with Gasteiger partial charge in [-0.3, -0.25) is 0 Å². The highest BCUT2D eigenvalue weighted by Crippen LogP contribution is 2.29. The van der Waals surface area contributed by atoms with Crippen LogP contribution in [0.5, 0.6) is 5.75 Å². The van der Waals surface area contributed by atoms with E-state index in [9.17, 15) is 8.42 Å². The molecule has 2 fully saturated rings. The Balaban J connectivity index is 1.41. The zero-order valence-electron chi connectivity index (χ0n) is 18.9. The second-order valence-corrected chi connectivity index (χ2v) is 11.1. The molecule has 2 heterocycles. The van der Waals surface area contributed by atoms with Crippen molar-refractivity contribution in [1.29, 1.82) is 0 Å². The standard InChI is InChI=1S/C22H34N2O5S2/c1-15(2)27-22(30)24-13-11-19(12-14-24)28-17-5-7-18(8-6-17)29-20-9-10-21(23-16(20)3)31(4,25)26/h9-10,15,17-19H,5-8,11-14H2,1-4H3. The molecule has 0 aromatic carbocycles. The third-order valence-corrected chi connectivity index (χ3v) is 7.07. The molecule has 0 bridgehead atoms. The number of ether oxygens (including phenoxy) is 3. The van der Waals surface area contributed by atoms with Crippen molar-refractivity contribution < 1.29 is 22.6 Å². The zero-order chi connectivity index (χ0) is 22.6. The Bertz CT molecular complexity index is 859. The number of aryl methyl sites for hydroxylation is 1. The maximum absolute atomic E-state index is 11.6. The van der Waals surface area contributed by atoms with Gasteiger partial charge in [0.05, 0.1) is 30.1 Å². The van der Waals surface area contributed by atoms with Crippen LogP contribution in [0.3, 0.4) is 0 Å². The first-order valence-electron chi connectivity index (χ1n) is 11.1. The van der Waals surface area contributed by atoms with Gasteiger partial charge in [0.2, 0.25) is 0 Å². The lowest BCUT2D eigenvalue weighted by Crippen LogP contribution is -2.43. The highest BCUT2D eigenvalue weighted by Gasteiger charge is 2.28. The first-order valence-corrected chi connectivity index (χ1v) is 13.4. The van der Waals surface area contributed by atoms with Crippen molar-refractivity contribution >= 4 is 27.2 Å². The SMILES string of the molecule is Cc1nc(S(C)(=O)=O)ccc1OC1CCC(OC2CCN(C(=S)OC(C)C)CC2)CC1. The number of rotatable bonds is 6. The molecule has 31 heavy (non-hydrogen) atoms. The Morgan fingerprint density at radius 3 is 2.19 bits per heavy atom. The summed E-state index contributed by atoms with van der Waals surface area (Å²) in [7, 11) is -3.31. The predicted molar refractivity (Wildman–Crippen MR) is 123 cm³/mol. The maximum Gasteiger partial charge on any atom is 0.259 e. The van der Waals surface area contributed by atoms with Crippen molar-refractivity contribution in [2.45, 2.75) is 88.7 Å². The summed E-state index contributed by atoms with van der Waals surface area (Å²) in [4.78, 5) is 6.31. The van der Waals surface area contributed by atoms with E-state index in [4.69, 9.17) is 26.4 Å². The predicted octanol–water partition coefficient (Wildman–Crippen LogP) is 3.67. The Kier molecular flexibility index (Phi) is 8.15. The molecule has 1 aromatic heterocycles. The van der Waals surface area contributed by atoms with Crippen LogP contribution in [0.15, 0.2) is 17.2 Å². The van der Waals surface area contributed by atoms with Gasteiger partial charge in [-0.05, 0) is 83.6 Å². The van der Waals surface area contributed by atoms with Gasteiger partial charge in [-0.25, -0.2) is 13.4 Å². The van der Waals surface area contributed by atoms with Crippen LogP contribution < -0.4 is 4.74 Å². The van der Waals surface area contributed by atoms with Crippen LogP contribution in [0.25, 0.3) is 0 Å². The first-order chi connectivity index (χ1) is 14.6. The quantitative estimate of drug-likeness (QED) is 0.583. The van der Waals surface area contributed by atoms with E-state index in [0.29, 0.717) is 16.6 Å². The average molecular weight is 471 g/mol. The van der Waals surface area contributed by atoms with Crippen molar-refractivity contribution in [3.8, 4) is 5.75 Å². The monoisotopic (exact) mass is 470 g/mol. The maximum atomic E-state index is 11.6. The van der Waals surface area contributed by atoms with Crippen LogP contribution in [0.4, 0.5) is 0 Å². The van der Waals surface area contributed by atoms with Gasteiger partial charge < -0.3 is 19.1 Å². The van der Waals surface area contributed by atoms with Gasteiger partial charge in [-0.15, -0.1) is 0 Å². The Morgan fingerprint density at radius 2 is 1.65 bits per heavy atom. The molecule has 0 spiro atoms. The Morgan fingerprint density at radius 1 is 1.06 bits per heavy atom. The van der Waals surface area contributed by atoms with Gasteiger partial charge in [0.1, 0.15) is 5.75 Å². The molecule has 1 saturated carbocycles. The Hall–Kier alpha value is -1.45. The fraction of sp³-hybridized carbons (Fsp3) is 0.727. The lowest BCUT2D eigenvalue weighted by atomic mass is 9.94. The minimum atomic E-state index is -3.31. The summed E-state index contributed by atoms with van der Waals surface area (Å²) in [5.74, 6) is 0.656. The first kappa shape index (κ1) is 24.2. The van der Waals surface area contributed by atoms with E-state index in [1.165, 1.54) is 6.07 Å². The van der Waals surface area contributed by atoms with E-state index in [-0.39, 0.29) is 29.4 Å². The number of pyridine rings is 1. The van der Waals surface area contributed by atoms with Crippen molar-refractivity contribution in [3.63, 3.8) is 0 Å². The molecular weight excluding hydrogens is 436 g/mol.